The molecule has 0 saturated heterocycles. The molecule has 0 spiro atoms. The van der Waals surface area contributed by atoms with E-state index in [0.717, 1.165) is 16.8 Å². The molecule has 0 bridgehead atoms. The first-order chi connectivity index (χ1) is 12.7. The molecule has 2 rings (SSSR count). The average Bonchev–Trinajstić information content (AvgIpc) is 3.13. The SMILES string of the molecule is C=C/C(=C\C=C/C)c1oc(SCC(=O)NC)nc1-c1ccccc1.CC. The lowest BCUT2D eigenvalue weighted by atomic mass is 10.1. The summed E-state index contributed by atoms with van der Waals surface area (Å²) in [5.74, 6) is 0.829. The van der Waals surface area contributed by atoms with Crippen LogP contribution in [0.1, 0.15) is 26.5 Å². The second-order valence-corrected chi connectivity index (χ2v) is 5.76. The van der Waals surface area contributed by atoms with Crippen LogP contribution in [0.15, 0.2) is 70.9 Å². The van der Waals surface area contributed by atoms with Crippen LogP contribution in [0.4, 0.5) is 0 Å². The van der Waals surface area contributed by atoms with Crippen LogP contribution in [0.5, 0.6) is 0 Å². The van der Waals surface area contributed by atoms with E-state index in [4.69, 9.17) is 4.42 Å². The van der Waals surface area contributed by atoms with E-state index in [9.17, 15) is 4.79 Å². The molecule has 1 aromatic heterocycles. The maximum atomic E-state index is 11.4. The number of benzene rings is 1. The van der Waals surface area contributed by atoms with Crippen LogP contribution in [-0.4, -0.2) is 23.7 Å². The second-order valence-electron chi connectivity index (χ2n) is 4.84. The highest BCUT2D eigenvalue weighted by molar-refractivity contribution is 7.99. The lowest BCUT2D eigenvalue weighted by molar-refractivity contribution is -0.118. The Balaban J connectivity index is 0.00000163. The van der Waals surface area contributed by atoms with Crippen LogP contribution in [0.2, 0.25) is 0 Å². The largest absolute Gasteiger partial charge is 0.431 e. The molecule has 0 aliphatic rings. The molecule has 0 aliphatic carbocycles. The molecule has 0 radical (unpaired) electrons. The van der Waals surface area contributed by atoms with Crippen molar-refractivity contribution in [3.05, 3.63) is 67.0 Å². The van der Waals surface area contributed by atoms with Gasteiger partial charge in [-0.05, 0) is 6.92 Å². The molecular weight excluding hydrogens is 344 g/mol. The third kappa shape index (κ3) is 6.08. The standard InChI is InChI=1S/C19H20N2O2S.C2H6/c1-4-6-10-14(5-2)18-17(15-11-8-7-9-12-15)21-19(23-18)24-13-16(22)20-3;1-2/h4-12H,2,13H2,1,3H3,(H,20,22);1-2H3/b6-4-,14-10+;. The summed E-state index contributed by atoms with van der Waals surface area (Å²) in [6, 6.07) is 9.81. The summed E-state index contributed by atoms with van der Waals surface area (Å²) in [5, 5.41) is 3.04. The van der Waals surface area contributed by atoms with Crippen molar-refractivity contribution in [2.75, 3.05) is 12.8 Å². The monoisotopic (exact) mass is 370 g/mol. The number of allylic oxidation sites excluding steroid dienone is 5. The molecule has 1 amide bonds. The van der Waals surface area contributed by atoms with Gasteiger partial charge in [-0.2, -0.15) is 0 Å². The highest BCUT2D eigenvalue weighted by atomic mass is 32.2. The molecule has 1 heterocycles. The Labute approximate surface area is 160 Å². The highest BCUT2D eigenvalue weighted by Gasteiger charge is 2.18. The van der Waals surface area contributed by atoms with Gasteiger partial charge in [-0.1, -0.05) is 86.8 Å². The van der Waals surface area contributed by atoms with Gasteiger partial charge in [-0.3, -0.25) is 4.79 Å². The average molecular weight is 371 g/mol. The smallest absolute Gasteiger partial charge is 0.257 e. The maximum absolute atomic E-state index is 11.4. The Morgan fingerprint density at radius 2 is 2.00 bits per heavy atom. The predicted octanol–water partition coefficient (Wildman–Crippen LogP) is 5.35. The molecule has 2 aromatic rings. The van der Waals surface area contributed by atoms with Crippen LogP contribution < -0.4 is 5.32 Å². The molecule has 4 nitrogen and oxygen atoms in total. The van der Waals surface area contributed by atoms with Gasteiger partial charge in [0.25, 0.3) is 5.22 Å². The number of carbonyl (C=O) groups is 1. The molecule has 0 atom stereocenters. The van der Waals surface area contributed by atoms with Crippen LogP contribution in [0.3, 0.4) is 0 Å². The summed E-state index contributed by atoms with van der Waals surface area (Å²) in [5.41, 5.74) is 2.54. The lowest BCUT2D eigenvalue weighted by Gasteiger charge is -2.01. The van der Waals surface area contributed by atoms with Gasteiger partial charge in [0.2, 0.25) is 5.91 Å². The Kier molecular flexibility index (Phi) is 9.87. The third-order valence-corrected chi connectivity index (χ3v) is 4.04. The molecule has 1 N–H and O–H groups in total. The zero-order valence-corrected chi connectivity index (χ0v) is 16.6. The van der Waals surface area contributed by atoms with Crippen LogP contribution >= 0.6 is 11.8 Å². The van der Waals surface area contributed by atoms with E-state index in [-0.39, 0.29) is 11.7 Å². The van der Waals surface area contributed by atoms with Gasteiger partial charge >= 0.3 is 0 Å². The molecule has 138 valence electrons. The van der Waals surface area contributed by atoms with Crippen molar-refractivity contribution in [3.63, 3.8) is 0 Å². The zero-order chi connectivity index (χ0) is 19.4. The first kappa shape index (κ1) is 21.5. The van der Waals surface area contributed by atoms with Gasteiger partial charge in [0.05, 0.1) is 5.75 Å². The van der Waals surface area contributed by atoms with Gasteiger partial charge in [0, 0.05) is 18.2 Å². The Morgan fingerprint density at radius 3 is 2.58 bits per heavy atom. The summed E-state index contributed by atoms with van der Waals surface area (Å²) in [6.45, 7) is 9.81. The number of hydrogen-bond acceptors (Lipinski definition) is 4. The summed E-state index contributed by atoms with van der Waals surface area (Å²) >= 11 is 1.27. The van der Waals surface area contributed by atoms with E-state index >= 15 is 0 Å². The Hall–Kier alpha value is -2.53. The lowest BCUT2D eigenvalue weighted by Crippen LogP contribution is -2.19. The van der Waals surface area contributed by atoms with Crippen molar-refractivity contribution in [3.8, 4) is 11.3 Å². The van der Waals surface area contributed by atoms with Crippen LogP contribution in [0, 0.1) is 0 Å². The van der Waals surface area contributed by atoms with Crippen LogP contribution in [-0.2, 0) is 4.79 Å². The van der Waals surface area contributed by atoms with Crippen molar-refractivity contribution in [2.45, 2.75) is 26.0 Å². The quantitative estimate of drug-likeness (QED) is 0.527. The fraction of sp³-hybridized carbons (Fsp3) is 0.238. The summed E-state index contributed by atoms with van der Waals surface area (Å²) in [6.07, 6.45) is 7.52. The number of rotatable bonds is 7. The number of amides is 1. The molecule has 1 aromatic carbocycles. The van der Waals surface area contributed by atoms with E-state index in [1.165, 1.54) is 11.8 Å². The zero-order valence-electron chi connectivity index (χ0n) is 15.8. The van der Waals surface area contributed by atoms with Gasteiger partial charge in [0.1, 0.15) is 5.69 Å². The fourth-order valence-corrected chi connectivity index (χ4v) is 2.68. The maximum Gasteiger partial charge on any atom is 0.257 e. The van der Waals surface area contributed by atoms with E-state index < -0.39 is 0 Å². The topological polar surface area (TPSA) is 55.1 Å². The molecule has 0 aliphatic heterocycles. The van der Waals surface area contributed by atoms with Crippen molar-refractivity contribution >= 4 is 23.2 Å². The number of nitrogens with one attached hydrogen (secondary N) is 1. The van der Waals surface area contributed by atoms with Crippen molar-refractivity contribution in [2.24, 2.45) is 0 Å². The molecule has 26 heavy (non-hydrogen) atoms. The summed E-state index contributed by atoms with van der Waals surface area (Å²) in [7, 11) is 1.61. The van der Waals surface area contributed by atoms with E-state index in [2.05, 4.69) is 16.9 Å². The molecule has 0 saturated carbocycles. The summed E-state index contributed by atoms with van der Waals surface area (Å²) in [4.78, 5) is 16.0. The predicted molar refractivity (Wildman–Crippen MR) is 111 cm³/mol. The van der Waals surface area contributed by atoms with Crippen molar-refractivity contribution < 1.29 is 9.21 Å². The number of oxazole rings is 1. The van der Waals surface area contributed by atoms with E-state index in [0.29, 0.717) is 11.0 Å². The number of carbonyl (C=O) groups excluding carboxylic acids is 1. The van der Waals surface area contributed by atoms with Crippen LogP contribution in [0.25, 0.3) is 16.8 Å². The fourth-order valence-electron chi connectivity index (χ4n) is 1.99. The number of nitrogens with zero attached hydrogens (tertiary/aromatic N) is 1. The molecule has 5 heteroatoms. The number of aromatic nitrogens is 1. The number of thioether (sulfide) groups is 1. The molecular formula is C21H26N2O2S. The van der Waals surface area contributed by atoms with Gasteiger partial charge in [-0.15, -0.1) is 0 Å². The van der Waals surface area contributed by atoms with Gasteiger partial charge < -0.3 is 9.73 Å². The highest BCUT2D eigenvalue weighted by Crippen LogP contribution is 2.33. The molecule has 0 unspecified atom stereocenters. The van der Waals surface area contributed by atoms with E-state index in [1.54, 1.807) is 13.1 Å². The first-order valence-corrected chi connectivity index (χ1v) is 9.53. The van der Waals surface area contributed by atoms with Gasteiger partial charge in [0.15, 0.2) is 5.76 Å². The minimum absolute atomic E-state index is 0.0746. The summed E-state index contributed by atoms with van der Waals surface area (Å²) < 4.78 is 5.91. The molecule has 0 fully saturated rings. The number of hydrogen-bond donors (Lipinski definition) is 1. The Bertz CT molecular complexity index is 762. The normalized spacial score (nSPS) is 11.0. The van der Waals surface area contributed by atoms with E-state index in [1.807, 2.05) is 69.3 Å². The third-order valence-electron chi connectivity index (χ3n) is 3.21. The first-order valence-electron chi connectivity index (χ1n) is 8.55. The Morgan fingerprint density at radius 1 is 1.31 bits per heavy atom. The van der Waals surface area contributed by atoms with Gasteiger partial charge in [-0.25, -0.2) is 4.98 Å². The van der Waals surface area contributed by atoms with Crippen molar-refractivity contribution in [1.82, 2.24) is 10.3 Å². The second kappa shape index (κ2) is 11.9. The van der Waals surface area contributed by atoms with Crippen molar-refractivity contribution in [1.29, 1.82) is 0 Å². The minimum Gasteiger partial charge on any atom is -0.431 e. The minimum atomic E-state index is -0.0746.